The smallest absolute Gasteiger partial charge is 0.338 e. The molecule has 2 N–H and O–H groups in total. The van der Waals surface area contributed by atoms with Gasteiger partial charge in [0, 0.05) is 10.8 Å². The van der Waals surface area contributed by atoms with E-state index in [0.29, 0.717) is 22.9 Å². The normalized spacial score (nSPS) is 10.8. The summed E-state index contributed by atoms with van der Waals surface area (Å²) >= 11 is 0. The van der Waals surface area contributed by atoms with Gasteiger partial charge in [-0.15, -0.1) is 0 Å². The van der Waals surface area contributed by atoms with Gasteiger partial charge in [-0.05, 0) is 49.4 Å². The molecule has 4 nitrogen and oxygen atoms in total. The molecule has 3 rings (SSSR count). The zero-order valence-electron chi connectivity index (χ0n) is 14.5. The van der Waals surface area contributed by atoms with Crippen molar-refractivity contribution in [3.05, 3.63) is 71.8 Å². The average molecular weight is 350 g/mol. The Bertz CT molecular complexity index is 887. The fourth-order valence-corrected chi connectivity index (χ4v) is 3.00. The molecule has 0 unspecified atom stereocenters. The summed E-state index contributed by atoms with van der Waals surface area (Å²) in [7, 11) is 0. The highest BCUT2D eigenvalue weighted by atomic mass is 16.5. The molecule has 0 saturated heterocycles. The molecule has 0 fully saturated rings. The lowest BCUT2D eigenvalue weighted by molar-refractivity contribution is 0.0500. The van der Waals surface area contributed by atoms with Gasteiger partial charge in [0.15, 0.2) is 11.5 Å². The number of carbonyl (C=O) groups is 1. The molecule has 0 aliphatic heterocycles. The predicted molar refractivity (Wildman–Crippen MR) is 102 cm³/mol. The second kappa shape index (κ2) is 8.39. The molecule has 4 heteroatoms. The maximum absolute atomic E-state index is 12.3. The molecule has 0 bridgehead atoms. The molecule has 0 radical (unpaired) electrons. The molecule has 0 heterocycles. The third kappa shape index (κ3) is 4.14. The highest BCUT2D eigenvalue weighted by Crippen LogP contribution is 2.34. The van der Waals surface area contributed by atoms with Crippen molar-refractivity contribution < 1.29 is 19.7 Å². The monoisotopic (exact) mass is 350 g/mol. The highest BCUT2D eigenvalue weighted by Gasteiger charge is 2.14. The minimum absolute atomic E-state index is 0.207. The first-order valence-corrected chi connectivity index (χ1v) is 8.81. The van der Waals surface area contributed by atoms with E-state index in [1.54, 1.807) is 24.3 Å². The quantitative estimate of drug-likeness (QED) is 0.364. The van der Waals surface area contributed by atoms with Crippen LogP contribution in [0.3, 0.4) is 0 Å². The molecule has 3 aromatic carbocycles. The second-order valence-electron chi connectivity index (χ2n) is 6.27. The summed E-state index contributed by atoms with van der Waals surface area (Å²) in [6, 6.07) is 18.3. The van der Waals surface area contributed by atoms with E-state index in [9.17, 15) is 15.0 Å². The first kappa shape index (κ1) is 17.8. The number of carbonyl (C=O) groups excluding carboxylic acids is 1. The van der Waals surface area contributed by atoms with Crippen molar-refractivity contribution in [3.8, 4) is 11.5 Å². The van der Waals surface area contributed by atoms with Gasteiger partial charge >= 0.3 is 5.97 Å². The number of fused-ring (bicyclic) bond motifs is 1. The van der Waals surface area contributed by atoms with Crippen molar-refractivity contribution in [1.82, 2.24) is 0 Å². The van der Waals surface area contributed by atoms with Crippen LogP contribution >= 0.6 is 0 Å². The molecule has 3 aromatic rings. The van der Waals surface area contributed by atoms with Crippen LogP contribution in [0.25, 0.3) is 10.8 Å². The maximum Gasteiger partial charge on any atom is 0.338 e. The van der Waals surface area contributed by atoms with Crippen LogP contribution < -0.4 is 0 Å². The van der Waals surface area contributed by atoms with Crippen molar-refractivity contribution in [2.24, 2.45) is 0 Å². The standard InChI is InChI=1S/C22H22O4/c23-20-14-13-17-18(21(20)24)11-7-12-19(17)22(25)26-15-6-2-5-10-16-8-3-1-4-9-16/h1,3-4,7-9,11-14,23-24H,2,5-6,10,15H2. The number of hydrogen-bond acceptors (Lipinski definition) is 4. The Morgan fingerprint density at radius 1 is 0.808 bits per heavy atom. The molecule has 0 aromatic heterocycles. The van der Waals surface area contributed by atoms with Crippen LogP contribution in [0.15, 0.2) is 60.7 Å². The first-order valence-electron chi connectivity index (χ1n) is 8.81. The number of esters is 1. The molecular weight excluding hydrogens is 328 g/mol. The molecule has 26 heavy (non-hydrogen) atoms. The van der Waals surface area contributed by atoms with E-state index in [1.807, 2.05) is 18.2 Å². The molecule has 0 amide bonds. The Hall–Kier alpha value is -3.01. The number of ether oxygens (including phenoxy) is 1. The summed E-state index contributed by atoms with van der Waals surface area (Å²) in [4.78, 5) is 12.3. The third-order valence-corrected chi connectivity index (χ3v) is 4.42. The molecule has 134 valence electrons. The van der Waals surface area contributed by atoms with Crippen molar-refractivity contribution >= 4 is 16.7 Å². The molecule has 0 aliphatic carbocycles. The van der Waals surface area contributed by atoms with E-state index in [1.165, 1.54) is 11.6 Å². The van der Waals surface area contributed by atoms with Crippen LogP contribution in [-0.2, 0) is 11.2 Å². The van der Waals surface area contributed by atoms with Crippen LogP contribution in [0, 0.1) is 0 Å². The number of phenolic OH excluding ortho intramolecular Hbond substituents is 2. The third-order valence-electron chi connectivity index (χ3n) is 4.42. The Morgan fingerprint density at radius 2 is 1.62 bits per heavy atom. The van der Waals surface area contributed by atoms with Crippen molar-refractivity contribution in [3.63, 3.8) is 0 Å². The molecule has 0 atom stereocenters. The Balaban J connectivity index is 1.51. The van der Waals surface area contributed by atoms with Crippen LogP contribution in [0.2, 0.25) is 0 Å². The van der Waals surface area contributed by atoms with Crippen LogP contribution in [0.5, 0.6) is 11.5 Å². The SMILES string of the molecule is O=C(OCCCCCc1ccccc1)c1cccc2c(O)c(O)ccc12. The minimum Gasteiger partial charge on any atom is -0.504 e. The summed E-state index contributed by atoms with van der Waals surface area (Å²) in [6.07, 6.45) is 3.89. The predicted octanol–water partition coefficient (Wildman–Crippen LogP) is 4.82. The number of hydrogen-bond donors (Lipinski definition) is 2. The van der Waals surface area contributed by atoms with Gasteiger partial charge in [0.05, 0.1) is 12.2 Å². The lowest BCUT2D eigenvalue weighted by atomic mass is 10.0. The van der Waals surface area contributed by atoms with E-state index >= 15 is 0 Å². The lowest BCUT2D eigenvalue weighted by Gasteiger charge is -2.09. The fraction of sp³-hybridized carbons (Fsp3) is 0.227. The summed E-state index contributed by atoms with van der Waals surface area (Å²) < 4.78 is 5.38. The first-order chi connectivity index (χ1) is 12.7. The highest BCUT2D eigenvalue weighted by molar-refractivity contribution is 6.06. The van der Waals surface area contributed by atoms with E-state index < -0.39 is 5.97 Å². The second-order valence-corrected chi connectivity index (χ2v) is 6.27. The van der Waals surface area contributed by atoms with E-state index in [-0.39, 0.29) is 11.5 Å². The Kier molecular flexibility index (Phi) is 5.74. The average Bonchev–Trinajstić information content (AvgIpc) is 2.67. The summed E-state index contributed by atoms with van der Waals surface area (Å²) in [5, 5.41) is 20.5. The number of unbranched alkanes of at least 4 members (excludes halogenated alkanes) is 2. The number of phenols is 2. The number of rotatable bonds is 7. The van der Waals surface area contributed by atoms with Gasteiger partial charge in [-0.25, -0.2) is 4.79 Å². The maximum atomic E-state index is 12.3. The number of benzene rings is 3. The number of aromatic hydroxyl groups is 2. The Labute approximate surface area is 152 Å². The zero-order chi connectivity index (χ0) is 18.4. The number of aryl methyl sites for hydroxylation is 1. The summed E-state index contributed by atoms with van der Waals surface area (Å²) in [5.41, 5.74) is 1.71. The van der Waals surface area contributed by atoms with Gasteiger partial charge in [-0.1, -0.05) is 42.5 Å². The van der Waals surface area contributed by atoms with Gasteiger partial charge in [0.25, 0.3) is 0 Å². The zero-order valence-corrected chi connectivity index (χ0v) is 14.5. The van der Waals surface area contributed by atoms with Crippen LogP contribution in [0.4, 0.5) is 0 Å². The fourth-order valence-electron chi connectivity index (χ4n) is 3.00. The van der Waals surface area contributed by atoms with Crippen molar-refractivity contribution in [2.45, 2.75) is 25.7 Å². The van der Waals surface area contributed by atoms with Gasteiger partial charge in [0.1, 0.15) is 0 Å². The lowest BCUT2D eigenvalue weighted by Crippen LogP contribution is -2.07. The van der Waals surface area contributed by atoms with Gasteiger partial charge < -0.3 is 14.9 Å². The van der Waals surface area contributed by atoms with E-state index in [4.69, 9.17) is 4.74 Å². The summed E-state index contributed by atoms with van der Waals surface area (Å²) in [6.45, 7) is 0.369. The van der Waals surface area contributed by atoms with Crippen LogP contribution in [0.1, 0.15) is 35.2 Å². The van der Waals surface area contributed by atoms with Gasteiger partial charge in [0.2, 0.25) is 0 Å². The molecule has 0 saturated carbocycles. The van der Waals surface area contributed by atoms with E-state index in [2.05, 4.69) is 12.1 Å². The van der Waals surface area contributed by atoms with Crippen molar-refractivity contribution in [2.75, 3.05) is 6.61 Å². The Morgan fingerprint density at radius 3 is 2.42 bits per heavy atom. The largest absolute Gasteiger partial charge is 0.504 e. The van der Waals surface area contributed by atoms with Crippen molar-refractivity contribution in [1.29, 1.82) is 0 Å². The molecule has 0 spiro atoms. The van der Waals surface area contributed by atoms with Gasteiger partial charge in [-0.3, -0.25) is 0 Å². The molecule has 0 aliphatic rings. The van der Waals surface area contributed by atoms with E-state index in [0.717, 1.165) is 25.7 Å². The van der Waals surface area contributed by atoms with Gasteiger partial charge in [-0.2, -0.15) is 0 Å². The van der Waals surface area contributed by atoms with Crippen LogP contribution in [-0.4, -0.2) is 22.8 Å². The molecular formula is C22H22O4. The summed E-state index contributed by atoms with van der Waals surface area (Å²) in [5.74, 6) is -0.844. The minimum atomic E-state index is -0.413. The topological polar surface area (TPSA) is 66.8 Å².